The third-order valence-electron chi connectivity index (χ3n) is 5.52. The Labute approximate surface area is 186 Å². The molecule has 0 saturated carbocycles. The van der Waals surface area contributed by atoms with E-state index in [0.717, 1.165) is 17.6 Å². The molecule has 0 saturated heterocycles. The summed E-state index contributed by atoms with van der Waals surface area (Å²) in [6.07, 6.45) is 0.396. The second kappa shape index (κ2) is 9.33. The van der Waals surface area contributed by atoms with E-state index in [1.165, 1.54) is 22.3 Å². The lowest BCUT2D eigenvalue weighted by Crippen LogP contribution is -2.30. The molecule has 2 aromatic carbocycles. The van der Waals surface area contributed by atoms with E-state index < -0.39 is 21.7 Å². The van der Waals surface area contributed by atoms with Gasteiger partial charge in [-0.2, -0.15) is 4.31 Å². The number of imidazole rings is 1. The molecule has 0 aliphatic rings. The van der Waals surface area contributed by atoms with Gasteiger partial charge in [-0.3, -0.25) is 4.79 Å². The van der Waals surface area contributed by atoms with Crippen molar-refractivity contribution in [3.63, 3.8) is 0 Å². The molecule has 3 aromatic rings. The van der Waals surface area contributed by atoms with Gasteiger partial charge in [-0.1, -0.05) is 13.8 Å². The first-order valence-electron chi connectivity index (χ1n) is 10.3. The maximum absolute atomic E-state index is 13.5. The minimum atomic E-state index is -3.60. The lowest BCUT2D eigenvalue weighted by molar-refractivity contribution is -0.118. The molecular formula is C22H26F2N4O3S. The zero-order valence-corrected chi connectivity index (χ0v) is 19.3. The Morgan fingerprint density at radius 1 is 1.06 bits per heavy atom. The van der Waals surface area contributed by atoms with Crippen molar-refractivity contribution in [2.24, 2.45) is 7.05 Å². The lowest BCUT2D eigenvalue weighted by atomic mass is 10.2. The molecule has 3 rings (SSSR count). The van der Waals surface area contributed by atoms with Crippen molar-refractivity contribution in [2.75, 3.05) is 25.0 Å². The third-order valence-corrected chi connectivity index (χ3v) is 7.56. The fourth-order valence-corrected chi connectivity index (χ4v) is 5.03. The van der Waals surface area contributed by atoms with Gasteiger partial charge in [0.05, 0.1) is 15.9 Å². The van der Waals surface area contributed by atoms with Crippen LogP contribution in [0.5, 0.6) is 0 Å². The Bertz CT molecular complexity index is 1250. The number of hydrogen-bond donors (Lipinski definition) is 0. The van der Waals surface area contributed by atoms with Crippen molar-refractivity contribution in [3.05, 3.63) is 53.9 Å². The van der Waals surface area contributed by atoms with Crippen LogP contribution in [0.3, 0.4) is 0 Å². The molecule has 0 N–H and O–H groups in total. The van der Waals surface area contributed by atoms with Crippen LogP contribution in [0.15, 0.2) is 41.3 Å². The quantitative estimate of drug-likeness (QED) is 0.512. The zero-order valence-electron chi connectivity index (χ0n) is 18.5. The summed E-state index contributed by atoms with van der Waals surface area (Å²) in [6.45, 7) is 4.31. The number of anilines is 1. The average Bonchev–Trinajstić information content (AvgIpc) is 3.09. The van der Waals surface area contributed by atoms with Crippen molar-refractivity contribution >= 4 is 32.7 Å². The van der Waals surface area contributed by atoms with Crippen molar-refractivity contribution in [1.82, 2.24) is 13.9 Å². The van der Waals surface area contributed by atoms with E-state index in [-0.39, 0.29) is 22.9 Å². The summed E-state index contributed by atoms with van der Waals surface area (Å²) >= 11 is 0. The number of sulfonamides is 1. The van der Waals surface area contributed by atoms with E-state index in [1.807, 2.05) is 4.57 Å². The number of hydrogen-bond acceptors (Lipinski definition) is 4. The van der Waals surface area contributed by atoms with Crippen LogP contribution >= 0.6 is 0 Å². The Hall–Kier alpha value is -2.85. The molecule has 0 radical (unpaired) electrons. The standard InChI is InChI=1S/C22H26F2N4O3S/c1-5-28(6-2)32(30,31)16-8-10-20-19(14-16)25-21(27(20)4)11-12-22(29)26(3)15-7-9-17(23)18(24)13-15/h7-10,13-14H,5-6,11-12H2,1-4H3. The summed E-state index contributed by atoms with van der Waals surface area (Å²) in [4.78, 5) is 18.5. The summed E-state index contributed by atoms with van der Waals surface area (Å²) in [5, 5.41) is 0. The summed E-state index contributed by atoms with van der Waals surface area (Å²) in [5.41, 5.74) is 1.53. The first-order valence-corrected chi connectivity index (χ1v) is 11.7. The van der Waals surface area contributed by atoms with Crippen molar-refractivity contribution in [3.8, 4) is 0 Å². The van der Waals surface area contributed by atoms with Gasteiger partial charge in [0.1, 0.15) is 5.82 Å². The normalized spacial score (nSPS) is 12.0. The van der Waals surface area contributed by atoms with E-state index in [9.17, 15) is 22.0 Å². The molecule has 0 unspecified atom stereocenters. The lowest BCUT2D eigenvalue weighted by Gasteiger charge is -2.18. The monoisotopic (exact) mass is 464 g/mol. The second-order valence-corrected chi connectivity index (χ2v) is 9.32. The molecule has 0 atom stereocenters. The third kappa shape index (κ3) is 4.51. The maximum Gasteiger partial charge on any atom is 0.243 e. The Morgan fingerprint density at radius 2 is 1.75 bits per heavy atom. The highest BCUT2D eigenvalue weighted by atomic mass is 32.2. The van der Waals surface area contributed by atoms with Crippen LogP contribution in [0.4, 0.5) is 14.5 Å². The highest BCUT2D eigenvalue weighted by molar-refractivity contribution is 7.89. The van der Waals surface area contributed by atoms with Crippen molar-refractivity contribution < 1.29 is 22.0 Å². The SMILES string of the molecule is CCN(CC)S(=O)(=O)c1ccc2c(c1)nc(CCC(=O)N(C)c1ccc(F)c(F)c1)n2C. The predicted molar refractivity (Wildman–Crippen MR) is 119 cm³/mol. The number of benzene rings is 2. The van der Waals surface area contributed by atoms with Crippen molar-refractivity contribution in [2.45, 2.75) is 31.6 Å². The van der Waals surface area contributed by atoms with Gasteiger partial charge < -0.3 is 9.47 Å². The molecule has 172 valence electrons. The van der Waals surface area contributed by atoms with Crippen LogP contribution < -0.4 is 4.90 Å². The van der Waals surface area contributed by atoms with E-state index in [2.05, 4.69) is 4.98 Å². The van der Waals surface area contributed by atoms with Gasteiger partial charge in [0.25, 0.3) is 0 Å². The van der Waals surface area contributed by atoms with Gasteiger partial charge in [0.15, 0.2) is 11.6 Å². The van der Waals surface area contributed by atoms with Gasteiger partial charge in [-0.05, 0) is 30.3 Å². The molecule has 0 fully saturated rings. The molecule has 32 heavy (non-hydrogen) atoms. The van der Waals surface area contributed by atoms with Gasteiger partial charge >= 0.3 is 0 Å². The molecule has 7 nitrogen and oxygen atoms in total. The highest BCUT2D eigenvalue weighted by Gasteiger charge is 2.23. The summed E-state index contributed by atoms with van der Waals surface area (Å²) in [7, 11) is -0.312. The first-order chi connectivity index (χ1) is 15.1. The number of carbonyl (C=O) groups is 1. The number of rotatable bonds is 8. The van der Waals surface area contributed by atoms with E-state index in [1.54, 1.807) is 39.1 Å². The van der Waals surface area contributed by atoms with E-state index in [0.29, 0.717) is 30.9 Å². The number of carbonyl (C=O) groups excluding carboxylic acids is 1. The molecule has 1 aromatic heterocycles. The fraction of sp³-hybridized carbons (Fsp3) is 0.364. The van der Waals surface area contributed by atoms with Crippen molar-refractivity contribution in [1.29, 1.82) is 0 Å². The zero-order chi connectivity index (χ0) is 23.6. The summed E-state index contributed by atoms with van der Waals surface area (Å²) < 4.78 is 55.4. The van der Waals surface area contributed by atoms with Crippen LogP contribution in [0, 0.1) is 11.6 Å². The van der Waals surface area contributed by atoms with Gasteiger partial charge in [-0.15, -0.1) is 0 Å². The minimum absolute atomic E-state index is 0.0945. The largest absolute Gasteiger partial charge is 0.331 e. The van der Waals surface area contributed by atoms with E-state index >= 15 is 0 Å². The molecule has 1 amide bonds. The maximum atomic E-state index is 13.5. The highest BCUT2D eigenvalue weighted by Crippen LogP contribution is 2.23. The first kappa shape index (κ1) is 23.8. The average molecular weight is 465 g/mol. The number of halogens is 2. The predicted octanol–water partition coefficient (Wildman–Crippen LogP) is 3.48. The van der Waals surface area contributed by atoms with Crippen LogP contribution in [0.25, 0.3) is 11.0 Å². The van der Waals surface area contributed by atoms with Crippen LogP contribution in [0.1, 0.15) is 26.1 Å². The Kier molecular flexibility index (Phi) is 6.94. The fourth-order valence-electron chi connectivity index (χ4n) is 3.55. The number of amides is 1. The van der Waals surface area contributed by atoms with Gasteiger partial charge in [-0.25, -0.2) is 22.2 Å². The Balaban J connectivity index is 1.80. The van der Waals surface area contributed by atoms with E-state index in [4.69, 9.17) is 0 Å². The smallest absolute Gasteiger partial charge is 0.243 e. The molecule has 0 aliphatic heterocycles. The minimum Gasteiger partial charge on any atom is -0.331 e. The molecular weight excluding hydrogens is 438 g/mol. The topological polar surface area (TPSA) is 75.5 Å². The van der Waals surface area contributed by atoms with Gasteiger partial charge in [0, 0.05) is 51.8 Å². The second-order valence-electron chi connectivity index (χ2n) is 7.38. The van der Waals surface area contributed by atoms with Crippen LogP contribution in [-0.4, -0.2) is 48.3 Å². The molecule has 10 heteroatoms. The molecule has 0 aliphatic carbocycles. The van der Waals surface area contributed by atoms with Gasteiger partial charge in [0.2, 0.25) is 15.9 Å². The number of nitrogens with zero attached hydrogens (tertiary/aromatic N) is 4. The summed E-state index contributed by atoms with van der Waals surface area (Å²) in [5.74, 6) is -1.66. The molecule has 0 bridgehead atoms. The number of aromatic nitrogens is 2. The van der Waals surface area contributed by atoms with Crippen LogP contribution in [0.2, 0.25) is 0 Å². The number of aryl methyl sites for hydroxylation is 2. The molecule has 1 heterocycles. The summed E-state index contributed by atoms with van der Waals surface area (Å²) in [6, 6.07) is 8.09. The Morgan fingerprint density at radius 3 is 2.38 bits per heavy atom. The van der Waals surface area contributed by atoms with Crippen LogP contribution in [-0.2, 0) is 28.3 Å². The molecule has 0 spiro atoms. The number of fused-ring (bicyclic) bond motifs is 1.